The largest absolute Gasteiger partial charge is 0.303 e. The molecule has 0 saturated carbocycles. The highest BCUT2D eigenvalue weighted by molar-refractivity contribution is 5.61. The Kier molecular flexibility index (Phi) is 6.80. The molecular weight excluding hydrogens is 310 g/mol. The van der Waals surface area contributed by atoms with Crippen LogP contribution in [0.3, 0.4) is 0 Å². The lowest BCUT2D eigenvalue weighted by atomic mass is 10.1. The van der Waals surface area contributed by atoms with Crippen molar-refractivity contribution in [2.75, 3.05) is 19.6 Å². The summed E-state index contributed by atoms with van der Waals surface area (Å²) < 4.78 is 1.62. The van der Waals surface area contributed by atoms with Gasteiger partial charge in [0, 0.05) is 12.7 Å². The van der Waals surface area contributed by atoms with Gasteiger partial charge < -0.3 is 4.90 Å². The molecule has 2 heterocycles. The van der Waals surface area contributed by atoms with Gasteiger partial charge in [-0.1, -0.05) is 49.6 Å². The van der Waals surface area contributed by atoms with Gasteiger partial charge in [0.2, 0.25) is 0 Å². The van der Waals surface area contributed by atoms with Crippen molar-refractivity contribution < 1.29 is 0 Å². The molecule has 0 atom stereocenters. The van der Waals surface area contributed by atoms with E-state index in [1.54, 1.807) is 10.9 Å². The molecule has 1 fully saturated rings. The second kappa shape index (κ2) is 9.52. The standard InChI is InChI=1S/C21H29N3O/c25-21-20(19-11-5-4-6-12-19)13-14-22-24(21)18-10-9-17-23-15-7-2-1-3-8-16-23/h4-6,11-14H,1-3,7-10,15-18H2. The van der Waals surface area contributed by atoms with E-state index in [0.29, 0.717) is 6.54 Å². The van der Waals surface area contributed by atoms with Gasteiger partial charge in [0.15, 0.2) is 0 Å². The molecule has 2 aromatic rings. The topological polar surface area (TPSA) is 38.1 Å². The van der Waals surface area contributed by atoms with Crippen LogP contribution >= 0.6 is 0 Å². The average Bonchev–Trinajstić information content (AvgIpc) is 2.62. The van der Waals surface area contributed by atoms with E-state index in [1.165, 1.54) is 45.2 Å². The summed E-state index contributed by atoms with van der Waals surface area (Å²) in [6, 6.07) is 11.7. The fraction of sp³-hybridized carbons (Fsp3) is 0.524. The van der Waals surface area contributed by atoms with Crippen LogP contribution < -0.4 is 5.56 Å². The zero-order chi connectivity index (χ0) is 17.3. The number of likely N-dealkylation sites (tertiary alicyclic amines) is 1. The van der Waals surface area contributed by atoms with Crippen LogP contribution in [0.4, 0.5) is 0 Å². The second-order valence-electron chi connectivity index (χ2n) is 6.96. The van der Waals surface area contributed by atoms with Crippen molar-refractivity contribution in [3.05, 3.63) is 52.9 Å². The second-order valence-corrected chi connectivity index (χ2v) is 6.96. The minimum atomic E-state index is 0.0139. The van der Waals surface area contributed by atoms with Crippen LogP contribution in [0.15, 0.2) is 47.4 Å². The highest BCUT2D eigenvalue weighted by atomic mass is 16.1. The third-order valence-electron chi connectivity index (χ3n) is 5.04. The molecule has 4 nitrogen and oxygen atoms in total. The van der Waals surface area contributed by atoms with Crippen molar-refractivity contribution in [2.24, 2.45) is 0 Å². The van der Waals surface area contributed by atoms with Gasteiger partial charge in [0.1, 0.15) is 0 Å². The molecule has 0 N–H and O–H groups in total. The van der Waals surface area contributed by atoms with E-state index >= 15 is 0 Å². The van der Waals surface area contributed by atoms with Crippen LogP contribution in [0.1, 0.15) is 44.9 Å². The Morgan fingerprint density at radius 1 is 0.840 bits per heavy atom. The minimum Gasteiger partial charge on any atom is -0.303 e. The highest BCUT2D eigenvalue weighted by Gasteiger charge is 2.09. The Labute approximate surface area is 150 Å². The summed E-state index contributed by atoms with van der Waals surface area (Å²) in [7, 11) is 0. The summed E-state index contributed by atoms with van der Waals surface area (Å²) in [5.74, 6) is 0. The average molecular weight is 339 g/mol. The lowest BCUT2D eigenvalue weighted by Gasteiger charge is -2.24. The van der Waals surface area contributed by atoms with Crippen LogP contribution in [0.2, 0.25) is 0 Å². The molecule has 1 aliphatic heterocycles. The van der Waals surface area contributed by atoms with Gasteiger partial charge in [-0.25, -0.2) is 4.68 Å². The van der Waals surface area contributed by atoms with Gasteiger partial charge in [-0.2, -0.15) is 5.10 Å². The van der Waals surface area contributed by atoms with Crippen LogP contribution in [0.5, 0.6) is 0 Å². The van der Waals surface area contributed by atoms with E-state index < -0.39 is 0 Å². The summed E-state index contributed by atoms with van der Waals surface area (Å²) in [5, 5.41) is 4.27. The molecule has 0 aliphatic carbocycles. The number of rotatable bonds is 6. The molecule has 0 amide bonds. The Bertz CT molecular complexity index is 688. The third-order valence-corrected chi connectivity index (χ3v) is 5.04. The van der Waals surface area contributed by atoms with Crippen molar-refractivity contribution >= 4 is 0 Å². The van der Waals surface area contributed by atoms with E-state index in [9.17, 15) is 4.79 Å². The molecule has 4 heteroatoms. The number of nitrogens with zero attached hydrogens (tertiary/aromatic N) is 3. The highest BCUT2D eigenvalue weighted by Crippen LogP contribution is 2.14. The Hall–Kier alpha value is -1.94. The fourth-order valence-corrected chi connectivity index (χ4v) is 3.58. The first-order chi connectivity index (χ1) is 12.3. The SMILES string of the molecule is O=c1c(-c2ccccc2)ccnn1CCCCN1CCCCCCC1. The summed E-state index contributed by atoms with van der Waals surface area (Å²) in [5.41, 5.74) is 1.71. The van der Waals surface area contributed by atoms with E-state index in [1.807, 2.05) is 36.4 Å². The lowest BCUT2D eigenvalue weighted by Crippen LogP contribution is -2.29. The molecule has 25 heavy (non-hydrogen) atoms. The summed E-state index contributed by atoms with van der Waals surface area (Å²) in [6.07, 6.45) is 10.7. The van der Waals surface area contributed by atoms with Crippen LogP contribution in [-0.4, -0.2) is 34.3 Å². The fourth-order valence-electron chi connectivity index (χ4n) is 3.58. The molecule has 1 aromatic carbocycles. The Morgan fingerprint density at radius 3 is 2.28 bits per heavy atom. The van der Waals surface area contributed by atoms with Gasteiger partial charge in [-0.15, -0.1) is 0 Å². The predicted molar refractivity (Wildman–Crippen MR) is 103 cm³/mol. The number of aromatic nitrogens is 2. The monoisotopic (exact) mass is 339 g/mol. The molecule has 0 radical (unpaired) electrons. The van der Waals surface area contributed by atoms with Crippen LogP contribution in [-0.2, 0) is 6.54 Å². The first kappa shape index (κ1) is 17.9. The molecule has 134 valence electrons. The number of aryl methyl sites for hydroxylation is 1. The van der Waals surface area contributed by atoms with Crippen LogP contribution in [0.25, 0.3) is 11.1 Å². The van der Waals surface area contributed by atoms with Gasteiger partial charge in [0.05, 0.1) is 5.56 Å². The first-order valence-corrected chi connectivity index (χ1v) is 9.68. The van der Waals surface area contributed by atoms with E-state index in [2.05, 4.69) is 10.00 Å². The Balaban J connectivity index is 1.52. The summed E-state index contributed by atoms with van der Waals surface area (Å²) >= 11 is 0. The van der Waals surface area contributed by atoms with Crippen molar-refractivity contribution in [2.45, 2.75) is 51.5 Å². The maximum Gasteiger partial charge on any atom is 0.274 e. The van der Waals surface area contributed by atoms with Gasteiger partial charge in [-0.3, -0.25) is 4.79 Å². The van der Waals surface area contributed by atoms with Crippen LogP contribution in [0, 0.1) is 0 Å². The molecule has 3 rings (SSSR count). The van der Waals surface area contributed by atoms with Crippen molar-refractivity contribution in [3.63, 3.8) is 0 Å². The molecule has 1 saturated heterocycles. The first-order valence-electron chi connectivity index (χ1n) is 9.68. The molecule has 1 aliphatic rings. The van der Waals surface area contributed by atoms with Crippen molar-refractivity contribution in [1.29, 1.82) is 0 Å². The maximum absolute atomic E-state index is 12.6. The predicted octanol–water partition coefficient (Wildman–Crippen LogP) is 3.96. The number of hydrogen-bond donors (Lipinski definition) is 0. The summed E-state index contributed by atoms with van der Waals surface area (Å²) in [4.78, 5) is 15.2. The number of benzene rings is 1. The minimum absolute atomic E-state index is 0.0139. The normalized spacial score (nSPS) is 16.3. The maximum atomic E-state index is 12.6. The zero-order valence-electron chi connectivity index (χ0n) is 15.1. The van der Waals surface area contributed by atoms with E-state index in [4.69, 9.17) is 0 Å². The van der Waals surface area contributed by atoms with E-state index in [-0.39, 0.29) is 5.56 Å². The molecule has 0 bridgehead atoms. The smallest absolute Gasteiger partial charge is 0.274 e. The molecule has 0 unspecified atom stereocenters. The quantitative estimate of drug-likeness (QED) is 0.748. The van der Waals surface area contributed by atoms with Gasteiger partial charge in [-0.05, 0) is 56.9 Å². The van der Waals surface area contributed by atoms with Crippen molar-refractivity contribution in [1.82, 2.24) is 14.7 Å². The van der Waals surface area contributed by atoms with Gasteiger partial charge >= 0.3 is 0 Å². The third kappa shape index (κ3) is 5.27. The summed E-state index contributed by atoms with van der Waals surface area (Å²) in [6.45, 7) is 4.32. The molecular formula is C21H29N3O. The number of hydrogen-bond acceptors (Lipinski definition) is 3. The number of unbranched alkanes of at least 4 members (excludes halogenated alkanes) is 1. The zero-order valence-corrected chi connectivity index (χ0v) is 15.1. The molecule has 0 spiro atoms. The van der Waals surface area contributed by atoms with Gasteiger partial charge in [0.25, 0.3) is 5.56 Å². The van der Waals surface area contributed by atoms with E-state index in [0.717, 1.165) is 30.5 Å². The Morgan fingerprint density at radius 2 is 1.52 bits per heavy atom. The van der Waals surface area contributed by atoms with Crippen molar-refractivity contribution in [3.8, 4) is 11.1 Å². The lowest BCUT2D eigenvalue weighted by molar-refractivity contribution is 0.241. The molecule has 1 aromatic heterocycles.